The summed E-state index contributed by atoms with van der Waals surface area (Å²) < 4.78 is 0. The van der Waals surface area contributed by atoms with Gasteiger partial charge in [-0.05, 0) is 61.6 Å². The van der Waals surface area contributed by atoms with Gasteiger partial charge >= 0.3 is 0 Å². The third-order valence-electron chi connectivity index (χ3n) is 6.98. The van der Waals surface area contributed by atoms with E-state index in [1.807, 2.05) is 64.7 Å². The van der Waals surface area contributed by atoms with Crippen molar-refractivity contribution in [1.82, 2.24) is 19.8 Å². The number of amides is 2. The van der Waals surface area contributed by atoms with Crippen molar-refractivity contribution in [3.05, 3.63) is 60.4 Å². The zero-order valence-corrected chi connectivity index (χ0v) is 18.9. The largest absolute Gasteiger partial charge is 0.361 e. The van der Waals surface area contributed by atoms with Gasteiger partial charge in [-0.2, -0.15) is 0 Å². The van der Waals surface area contributed by atoms with Crippen LogP contribution in [0.3, 0.4) is 0 Å². The number of rotatable bonds is 5. The molecule has 2 aliphatic heterocycles. The van der Waals surface area contributed by atoms with E-state index in [1.165, 1.54) is 0 Å². The lowest BCUT2D eigenvalue weighted by atomic mass is 9.92. The van der Waals surface area contributed by atoms with Gasteiger partial charge in [0.15, 0.2) is 0 Å². The van der Waals surface area contributed by atoms with Crippen molar-refractivity contribution >= 4 is 28.5 Å². The van der Waals surface area contributed by atoms with Crippen LogP contribution in [-0.4, -0.2) is 70.9 Å². The van der Waals surface area contributed by atoms with Gasteiger partial charge in [-0.15, -0.1) is 0 Å². The number of benzene rings is 1. The summed E-state index contributed by atoms with van der Waals surface area (Å²) in [5.74, 6) is 1.70. The van der Waals surface area contributed by atoms with Gasteiger partial charge in [0, 0.05) is 74.5 Å². The van der Waals surface area contributed by atoms with Crippen molar-refractivity contribution in [3.63, 3.8) is 0 Å². The maximum atomic E-state index is 13.1. The molecule has 7 nitrogen and oxygen atoms in total. The quantitative estimate of drug-likeness (QED) is 0.652. The number of nitrogens with zero attached hydrogens (tertiary/aromatic N) is 4. The number of hydrogen-bond acceptors (Lipinski definition) is 4. The molecular weight excluding hydrogens is 414 g/mol. The van der Waals surface area contributed by atoms with E-state index in [-0.39, 0.29) is 11.8 Å². The fraction of sp³-hybridized carbons (Fsp3) is 0.423. The highest BCUT2D eigenvalue weighted by Gasteiger charge is 2.27. The monoisotopic (exact) mass is 445 g/mol. The highest BCUT2D eigenvalue weighted by Crippen LogP contribution is 2.24. The highest BCUT2D eigenvalue weighted by atomic mass is 16.2. The number of aromatic amines is 1. The van der Waals surface area contributed by atoms with Crippen LogP contribution in [-0.2, 0) is 4.79 Å². The van der Waals surface area contributed by atoms with Crippen LogP contribution in [0.2, 0.25) is 0 Å². The number of nitrogens with one attached hydrogen (secondary N) is 1. The van der Waals surface area contributed by atoms with Gasteiger partial charge in [0.1, 0.15) is 5.82 Å². The van der Waals surface area contributed by atoms with E-state index < -0.39 is 0 Å². The molecule has 5 rings (SSSR count). The molecule has 0 unspecified atom stereocenters. The molecule has 1 aromatic carbocycles. The Hall–Kier alpha value is -3.35. The third kappa shape index (κ3) is 4.87. The second-order valence-corrected chi connectivity index (χ2v) is 9.13. The number of piperazine rings is 1. The topological polar surface area (TPSA) is 72.5 Å². The third-order valence-corrected chi connectivity index (χ3v) is 6.98. The van der Waals surface area contributed by atoms with Crippen LogP contribution in [0.5, 0.6) is 0 Å². The first-order valence-corrected chi connectivity index (χ1v) is 12.0. The molecule has 2 aliphatic rings. The first-order chi connectivity index (χ1) is 16.2. The zero-order valence-electron chi connectivity index (χ0n) is 18.9. The number of hydrogen-bond donors (Lipinski definition) is 1. The van der Waals surface area contributed by atoms with Crippen molar-refractivity contribution in [2.45, 2.75) is 25.7 Å². The Balaban J connectivity index is 1.10. The van der Waals surface area contributed by atoms with E-state index in [2.05, 4.69) is 14.9 Å². The molecule has 0 saturated carbocycles. The van der Waals surface area contributed by atoms with Gasteiger partial charge < -0.3 is 19.7 Å². The highest BCUT2D eigenvalue weighted by molar-refractivity contribution is 5.98. The van der Waals surface area contributed by atoms with Crippen molar-refractivity contribution in [3.8, 4) is 0 Å². The molecular formula is C26H31N5O2. The molecule has 3 aromatic rings. The van der Waals surface area contributed by atoms with E-state index in [9.17, 15) is 9.59 Å². The molecule has 1 N–H and O–H groups in total. The summed E-state index contributed by atoms with van der Waals surface area (Å²) in [7, 11) is 0. The number of aromatic nitrogens is 2. The van der Waals surface area contributed by atoms with Crippen LogP contribution in [0.1, 0.15) is 36.0 Å². The predicted octanol–water partition coefficient (Wildman–Crippen LogP) is 3.54. The van der Waals surface area contributed by atoms with Crippen molar-refractivity contribution in [2.24, 2.45) is 5.92 Å². The fourth-order valence-corrected chi connectivity index (χ4v) is 5.07. The second kappa shape index (κ2) is 9.65. The minimum absolute atomic E-state index is 0.0970. The maximum absolute atomic E-state index is 13.1. The first kappa shape index (κ1) is 21.5. The number of carbonyl (C=O) groups excluding carboxylic acids is 2. The molecule has 2 amide bonds. The van der Waals surface area contributed by atoms with Gasteiger partial charge in [-0.3, -0.25) is 9.59 Å². The Morgan fingerprint density at radius 2 is 1.88 bits per heavy atom. The van der Waals surface area contributed by atoms with Gasteiger partial charge in [-0.25, -0.2) is 4.98 Å². The Morgan fingerprint density at radius 3 is 2.70 bits per heavy atom. The number of anilines is 1. The molecule has 0 aliphatic carbocycles. The van der Waals surface area contributed by atoms with Crippen LogP contribution in [0, 0.1) is 5.92 Å². The number of carbonyl (C=O) groups is 2. The van der Waals surface area contributed by atoms with Crippen molar-refractivity contribution in [2.75, 3.05) is 44.2 Å². The lowest BCUT2D eigenvalue weighted by Crippen LogP contribution is -2.49. The minimum atomic E-state index is 0.0970. The first-order valence-electron chi connectivity index (χ1n) is 12.0. The molecule has 2 fully saturated rings. The van der Waals surface area contributed by atoms with Crippen molar-refractivity contribution < 1.29 is 9.59 Å². The average Bonchev–Trinajstić information content (AvgIpc) is 3.36. The Morgan fingerprint density at radius 1 is 1.00 bits per heavy atom. The molecule has 0 radical (unpaired) electrons. The molecule has 1 atom stereocenters. The van der Waals surface area contributed by atoms with Gasteiger partial charge in [0.05, 0.1) is 0 Å². The lowest BCUT2D eigenvalue weighted by Gasteiger charge is -2.36. The summed E-state index contributed by atoms with van der Waals surface area (Å²) >= 11 is 0. The molecule has 2 aromatic heterocycles. The SMILES string of the molecule is O=C(CC[C@@H]1CCCN(C(=O)c2ccc3[nH]ccc3c2)C1)N1CCN(c2ccccn2)CC1. The number of piperidine rings is 1. The number of fused-ring (bicyclic) bond motifs is 1. The number of H-pyrrole nitrogens is 1. The summed E-state index contributed by atoms with van der Waals surface area (Å²) in [5, 5.41) is 1.06. The molecule has 7 heteroatoms. The maximum Gasteiger partial charge on any atom is 0.253 e. The smallest absolute Gasteiger partial charge is 0.253 e. The van der Waals surface area contributed by atoms with E-state index in [0.29, 0.717) is 12.3 Å². The van der Waals surface area contributed by atoms with E-state index in [4.69, 9.17) is 0 Å². The zero-order chi connectivity index (χ0) is 22.6. The van der Waals surface area contributed by atoms with Crippen LogP contribution < -0.4 is 4.90 Å². The summed E-state index contributed by atoms with van der Waals surface area (Å²) in [6.45, 7) is 4.66. The lowest BCUT2D eigenvalue weighted by molar-refractivity contribution is -0.131. The average molecular weight is 446 g/mol. The molecule has 0 bridgehead atoms. The van der Waals surface area contributed by atoms with Crippen LogP contribution in [0.4, 0.5) is 5.82 Å². The molecule has 33 heavy (non-hydrogen) atoms. The molecule has 2 saturated heterocycles. The van der Waals surface area contributed by atoms with Crippen LogP contribution in [0.15, 0.2) is 54.9 Å². The minimum Gasteiger partial charge on any atom is -0.361 e. The van der Waals surface area contributed by atoms with Crippen LogP contribution >= 0.6 is 0 Å². The molecule has 4 heterocycles. The number of likely N-dealkylation sites (tertiary alicyclic amines) is 1. The summed E-state index contributed by atoms with van der Waals surface area (Å²) in [4.78, 5) is 39.7. The fourth-order valence-electron chi connectivity index (χ4n) is 5.07. The standard InChI is InChI=1S/C26H31N5O2/c32-25(30-16-14-29(15-17-30)24-5-1-2-11-28-24)9-6-20-4-3-13-31(19-20)26(33)22-7-8-23-21(18-22)10-12-27-23/h1-2,5,7-8,10-12,18,20,27H,3-4,6,9,13-17,19H2/t20-/m0/s1. The normalized spacial score (nSPS) is 19.2. The summed E-state index contributed by atoms with van der Waals surface area (Å²) in [6, 6.07) is 13.8. The van der Waals surface area contributed by atoms with Gasteiger partial charge in [0.2, 0.25) is 5.91 Å². The van der Waals surface area contributed by atoms with Crippen molar-refractivity contribution in [1.29, 1.82) is 0 Å². The van der Waals surface area contributed by atoms with E-state index >= 15 is 0 Å². The Bertz CT molecular complexity index is 1100. The number of pyridine rings is 1. The Kier molecular flexibility index (Phi) is 6.28. The van der Waals surface area contributed by atoms with Crippen LogP contribution in [0.25, 0.3) is 10.9 Å². The van der Waals surface area contributed by atoms with Gasteiger partial charge in [0.25, 0.3) is 5.91 Å². The van der Waals surface area contributed by atoms with E-state index in [0.717, 1.165) is 80.8 Å². The molecule has 172 valence electrons. The second-order valence-electron chi connectivity index (χ2n) is 9.13. The predicted molar refractivity (Wildman–Crippen MR) is 129 cm³/mol. The van der Waals surface area contributed by atoms with Gasteiger partial charge in [-0.1, -0.05) is 6.07 Å². The summed E-state index contributed by atoms with van der Waals surface area (Å²) in [6.07, 6.45) is 7.20. The van der Waals surface area contributed by atoms with E-state index in [1.54, 1.807) is 0 Å². The summed E-state index contributed by atoms with van der Waals surface area (Å²) in [5.41, 5.74) is 1.78. The molecule has 0 spiro atoms. The Labute approximate surface area is 194 Å².